The van der Waals surface area contributed by atoms with Gasteiger partial charge in [-0.05, 0) is 36.5 Å². The van der Waals surface area contributed by atoms with Crippen molar-refractivity contribution in [3.63, 3.8) is 0 Å². The van der Waals surface area contributed by atoms with E-state index in [1.54, 1.807) is 6.08 Å². The zero-order valence-corrected chi connectivity index (χ0v) is 15.6. The third-order valence-corrected chi connectivity index (χ3v) is 4.91. The molecule has 0 aromatic heterocycles. The van der Waals surface area contributed by atoms with E-state index in [1.807, 2.05) is 41.3 Å². The van der Waals surface area contributed by atoms with E-state index in [0.717, 1.165) is 22.1 Å². The van der Waals surface area contributed by atoms with Crippen molar-refractivity contribution >= 4 is 23.7 Å². The van der Waals surface area contributed by atoms with Crippen molar-refractivity contribution in [2.24, 2.45) is 5.92 Å². The maximum absolute atomic E-state index is 12.1. The average Bonchev–Trinajstić information content (AvgIpc) is 2.56. The van der Waals surface area contributed by atoms with Gasteiger partial charge in [-0.1, -0.05) is 51.0 Å². The Morgan fingerprint density at radius 2 is 1.92 bits per heavy atom. The fourth-order valence-corrected chi connectivity index (χ4v) is 3.65. The Balaban J connectivity index is 2.51. The number of alkyl halides is 3. The van der Waals surface area contributed by atoms with Gasteiger partial charge in [-0.3, -0.25) is 4.79 Å². The van der Waals surface area contributed by atoms with Gasteiger partial charge in [-0.15, -0.1) is 11.8 Å². The van der Waals surface area contributed by atoms with Gasteiger partial charge < -0.3 is 5.32 Å². The minimum Gasteiger partial charge on any atom is -0.345 e. The average molecular weight is 373 g/mol. The van der Waals surface area contributed by atoms with Crippen molar-refractivity contribution in [2.75, 3.05) is 12.3 Å². The number of benzene rings is 1. The SMILES string of the molecule is CCCC(CCC)CSc1cccc(/C=C/CNC(=O)C(F)(F)F)c1. The van der Waals surface area contributed by atoms with Gasteiger partial charge in [0.05, 0.1) is 0 Å². The van der Waals surface area contributed by atoms with Crippen LogP contribution in [0.2, 0.25) is 0 Å². The molecule has 0 aliphatic carbocycles. The molecule has 0 fully saturated rings. The third kappa shape index (κ3) is 9.00. The number of nitrogens with one attached hydrogen (secondary N) is 1. The highest BCUT2D eigenvalue weighted by atomic mass is 32.2. The van der Waals surface area contributed by atoms with Crippen molar-refractivity contribution in [1.82, 2.24) is 5.32 Å². The summed E-state index contributed by atoms with van der Waals surface area (Å²) in [6.45, 7) is 4.26. The monoisotopic (exact) mass is 373 g/mol. The standard InChI is InChI=1S/C19H26F3NOS/c1-3-7-16(8-4-2)14-25-17-11-5-9-15(13-17)10-6-12-23-18(24)19(20,21)22/h5-6,9-11,13,16H,3-4,7-8,12,14H2,1-2H3,(H,23,24)/b10-6+. The lowest BCUT2D eigenvalue weighted by atomic mass is 10.0. The molecule has 1 aromatic carbocycles. The van der Waals surface area contributed by atoms with E-state index in [-0.39, 0.29) is 6.54 Å². The maximum atomic E-state index is 12.1. The summed E-state index contributed by atoms with van der Waals surface area (Å²) in [7, 11) is 0. The minimum atomic E-state index is -4.84. The fourth-order valence-electron chi connectivity index (χ4n) is 2.50. The Labute approximate surface area is 152 Å². The highest BCUT2D eigenvalue weighted by Crippen LogP contribution is 2.26. The normalized spacial score (nSPS) is 12.1. The molecule has 0 atom stereocenters. The highest BCUT2D eigenvalue weighted by Gasteiger charge is 2.37. The first-order valence-electron chi connectivity index (χ1n) is 8.61. The largest absolute Gasteiger partial charge is 0.471 e. The third-order valence-electron chi connectivity index (χ3n) is 3.69. The van der Waals surface area contributed by atoms with Gasteiger partial charge in [0.25, 0.3) is 0 Å². The van der Waals surface area contributed by atoms with Crippen LogP contribution in [0.1, 0.15) is 45.1 Å². The van der Waals surface area contributed by atoms with E-state index >= 15 is 0 Å². The van der Waals surface area contributed by atoms with Gasteiger partial charge in [0.2, 0.25) is 0 Å². The second-order valence-electron chi connectivity index (χ2n) is 5.94. The summed E-state index contributed by atoms with van der Waals surface area (Å²) in [5, 5.41) is 1.82. The number of carbonyl (C=O) groups is 1. The number of halogens is 3. The molecule has 0 heterocycles. The summed E-state index contributed by atoms with van der Waals surface area (Å²) in [5.74, 6) is -0.118. The van der Waals surface area contributed by atoms with E-state index in [9.17, 15) is 18.0 Å². The second kappa shape index (κ2) is 11.2. The minimum absolute atomic E-state index is 0.148. The number of thioether (sulfide) groups is 1. The van der Waals surface area contributed by atoms with Crippen LogP contribution in [0.4, 0.5) is 13.2 Å². The Morgan fingerprint density at radius 3 is 2.52 bits per heavy atom. The second-order valence-corrected chi connectivity index (χ2v) is 7.03. The molecule has 1 aromatic rings. The highest BCUT2D eigenvalue weighted by molar-refractivity contribution is 7.99. The molecule has 0 unspecified atom stereocenters. The molecule has 0 spiro atoms. The molecule has 0 radical (unpaired) electrons. The zero-order valence-electron chi connectivity index (χ0n) is 14.7. The van der Waals surface area contributed by atoms with Crippen LogP contribution < -0.4 is 5.32 Å². The molecule has 2 nitrogen and oxygen atoms in total. The predicted molar refractivity (Wildman–Crippen MR) is 98.6 cm³/mol. The first kappa shape index (κ1) is 21.6. The van der Waals surface area contributed by atoms with Crippen molar-refractivity contribution in [3.05, 3.63) is 35.9 Å². The summed E-state index contributed by atoms with van der Waals surface area (Å²) >= 11 is 1.82. The van der Waals surface area contributed by atoms with Crippen molar-refractivity contribution < 1.29 is 18.0 Å². The quantitative estimate of drug-likeness (QED) is 0.534. The summed E-state index contributed by atoms with van der Waals surface area (Å²) in [5.41, 5.74) is 0.911. The van der Waals surface area contributed by atoms with Crippen molar-refractivity contribution in [2.45, 2.75) is 50.6 Å². The summed E-state index contributed by atoms with van der Waals surface area (Å²) in [6.07, 6.45) is 3.26. The molecule has 6 heteroatoms. The van der Waals surface area contributed by atoms with Crippen molar-refractivity contribution in [1.29, 1.82) is 0 Å². The van der Waals surface area contributed by atoms with Gasteiger partial charge in [0.15, 0.2) is 0 Å². The lowest BCUT2D eigenvalue weighted by Crippen LogP contribution is -2.36. The molecular formula is C19H26F3NOS. The van der Waals surface area contributed by atoms with E-state index < -0.39 is 12.1 Å². The van der Waals surface area contributed by atoms with E-state index in [0.29, 0.717) is 0 Å². The summed E-state index contributed by atoms with van der Waals surface area (Å²) in [6, 6.07) is 7.89. The molecule has 0 bridgehead atoms. The van der Waals surface area contributed by atoms with Gasteiger partial charge in [-0.25, -0.2) is 0 Å². The lowest BCUT2D eigenvalue weighted by Gasteiger charge is -2.14. The van der Waals surface area contributed by atoms with Crippen LogP contribution in [0.5, 0.6) is 0 Å². The van der Waals surface area contributed by atoms with Crippen LogP contribution >= 0.6 is 11.8 Å². The number of hydrogen-bond donors (Lipinski definition) is 1. The molecule has 0 saturated carbocycles. The maximum Gasteiger partial charge on any atom is 0.471 e. The number of rotatable bonds is 10. The lowest BCUT2D eigenvalue weighted by molar-refractivity contribution is -0.173. The van der Waals surface area contributed by atoms with E-state index in [2.05, 4.69) is 13.8 Å². The summed E-state index contributed by atoms with van der Waals surface area (Å²) < 4.78 is 36.2. The molecule has 1 N–H and O–H groups in total. The van der Waals surface area contributed by atoms with Crippen LogP contribution in [-0.2, 0) is 4.79 Å². The summed E-state index contributed by atoms with van der Waals surface area (Å²) in [4.78, 5) is 11.9. The molecule has 0 aliphatic heterocycles. The number of hydrogen-bond acceptors (Lipinski definition) is 2. The molecule has 25 heavy (non-hydrogen) atoms. The van der Waals surface area contributed by atoms with Gasteiger partial charge in [0, 0.05) is 17.2 Å². The first-order chi connectivity index (χ1) is 11.9. The van der Waals surface area contributed by atoms with E-state index in [4.69, 9.17) is 0 Å². The molecule has 1 rings (SSSR count). The fraction of sp³-hybridized carbons (Fsp3) is 0.526. The van der Waals surface area contributed by atoms with Crippen molar-refractivity contribution in [3.8, 4) is 0 Å². The molecular weight excluding hydrogens is 347 g/mol. The van der Waals surface area contributed by atoms with Crippen LogP contribution in [0.25, 0.3) is 6.08 Å². The van der Waals surface area contributed by atoms with Crippen LogP contribution in [0, 0.1) is 5.92 Å². The van der Waals surface area contributed by atoms with Crippen LogP contribution in [0.15, 0.2) is 35.2 Å². The topological polar surface area (TPSA) is 29.1 Å². The molecule has 1 amide bonds. The molecule has 0 aliphatic rings. The van der Waals surface area contributed by atoms with Gasteiger partial charge in [0.1, 0.15) is 0 Å². The number of carbonyl (C=O) groups excluding carboxylic acids is 1. The first-order valence-corrected chi connectivity index (χ1v) is 9.59. The Bertz CT molecular complexity index is 552. The zero-order chi connectivity index (χ0) is 18.7. The molecule has 140 valence electrons. The van der Waals surface area contributed by atoms with Gasteiger partial charge in [-0.2, -0.15) is 13.2 Å². The molecule has 0 saturated heterocycles. The van der Waals surface area contributed by atoms with Gasteiger partial charge >= 0.3 is 12.1 Å². The Hall–Kier alpha value is -1.43. The predicted octanol–water partition coefficient (Wildman–Crippen LogP) is 5.69. The smallest absolute Gasteiger partial charge is 0.345 e. The van der Waals surface area contributed by atoms with Crippen LogP contribution in [-0.4, -0.2) is 24.4 Å². The van der Waals surface area contributed by atoms with Crippen LogP contribution in [0.3, 0.4) is 0 Å². The Kier molecular flexibility index (Phi) is 9.71. The Morgan fingerprint density at radius 1 is 1.24 bits per heavy atom. The van der Waals surface area contributed by atoms with E-state index in [1.165, 1.54) is 31.8 Å². The number of amides is 1.